The number of aromatic nitrogens is 3. The van der Waals surface area contributed by atoms with Crippen molar-refractivity contribution in [3.63, 3.8) is 0 Å². The van der Waals surface area contributed by atoms with Crippen LogP contribution < -0.4 is 10.1 Å². The number of carbonyl (C=O) groups excluding carboxylic acids is 1. The number of anilines is 1. The molecule has 2 aromatic heterocycles. The zero-order valence-electron chi connectivity index (χ0n) is 16.5. The van der Waals surface area contributed by atoms with E-state index in [1.54, 1.807) is 35.4 Å². The molecule has 0 spiro atoms. The average Bonchev–Trinajstić information content (AvgIpc) is 3.42. The number of likely N-dealkylation sites (N-methyl/N-ethyl adjacent to an activating group) is 1. The molecule has 2 bridgehead atoms. The zero-order chi connectivity index (χ0) is 20.0. The van der Waals surface area contributed by atoms with Crippen LogP contribution in [0.25, 0.3) is 0 Å². The highest BCUT2D eigenvalue weighted by Gasteiger charge is 2.39. The third-order valence-electron chi connectivity index (χ3n) is 5.95. The second kappa shape index (κ2) is 7.27. The maximum atomic E-state index is 12.9. The number of amides is 1. The van der Waals surface area contributed by atoms with Gasteiger partial charge >= 0.3 is 0 Å². The van der Waals surface area contributed by atoms with Gasteiger partial charge in [-0.1, -0.05) is 11.3 Å². The summed E-state index contributed by atoms with van der Waals surface area (Å²) in [5.41, 5.74) is 2.64. The number of nitrogens with zero attached hydrogens (tertiary/aromatic N) is 4. The van der Waals surface area contributed by atoms with Crippen molar-refractivity contribution < 1.29 is 9.53 Å². The Kier molecular flexibility index (Phi) is 4.60. The smallest absolute Gasteiger partial charge is 0.257 e. The Morgan fingerprint density at radius 1 is 1.38 bits per heavy atom. The minimum atomic E-state index is -0.154. The maximum Gasteiger partial charge on any atom is 0.257 e. The number of benzene rings is 1. The standard InChI is InChI=1S/C21H23N5O2S/c1-25-15-5-6-17(25)19-16(11-15)23-21(29-19)24-20(27)13-4-7-18(28-2)14(10-13)12-26-9-3-8-22-26/h3-4,7-10,15,17H,5-6,11-12H2,1-2H3,(H,23,24,27). The van der Waals surface area contributed by atoms with Crippen LogP contribution in [0.3, 0.4) is 0 Å². The monoisotopic (exact) mass is 409 g/mol. The van der Waals surface area contributed by atoms with E-state index in [1.807, 2.05) is 24.4 Å². The van der Waals surface area contributed by atoms with Crippen molar-refractivity contribution in [1.29, 1.82) is 0 Å². The third-order valence-corrected chi connectivity index (χ3v) is 7.07. The number of nitrogens with one attached hydrogen (secondary N) is 1. The van der Waals surface area contributed by atoms with Gasteiger partial charge in [0.15, 0.2) is 5.13 Å². The van der Waals surface area contributed by atoms with E-state index in [0.717, 1.165) is 23.4 Å². The van der Waals surface area contributed by atoms with E-state index >= 15 is 0 Å². The van der Waals surface area contributed by atoms with Crippen molar-refractivity contribution in [2.24, 2.45) is 0 Å². The summed E-state index contributed by atoms with van der Waals surface area (Å²) in [6, 6.07) is 8.38. The predicted octanol–water partition coefficient (Wildman–Crippen LogP) is 3.34. The fraction of sp³-hybridized carbons (Fsp3) is 0.381. The molecule has 29 heavy (non-hydrogen) atoms. The lowest BCUT2D eigenvalue weighted by Crippen LogP contribution is -2.33. The SMILES string of the molecule is COc1ccc(C(=O)Nc2nc3c(s2)C2CCC(C3)N2C)cc1Cn1cccn1. The van der Waals surface area contributed by atoms with Crippen molar-refractivity contribution in [3.8, 4) is 5.75 Å². The number of carbonyl (C=O) groups is 1. The van der Waals surface area contributed by atoms with Gasteiger partial charge < -0.3 is 4.74 Å². The predicted molar refractivity (Wildman–Crippen MR) is 112 cm³/mol. The van der Waals surface area contributed by atoms with E-state index in [4.69, 9.17) is 9.72 Å². The van der Waals surface area contributed by atoms with Gasteiger partial charge in [-0.15, -0.1) is 0 Å². The van der Waals surface area contributed by atoms with E-state index in [9.17, 15) is 4.79 Å². The van der Waals surface area contributed by atoms with Crippen LogP contribution in [0.2, 0.25) is 0 Å². The first-order valence-corrected chi connectivity index (χ1v) is 10.6. The van der Waals surface area contributed by atoms with Crippen molar-refractivity contribution in [2.75, 3.05) is 19.5 Å². The Balaban J connectivity index is 1.36. The average molecular weight is 410 g/mol. The van der Waals surface area contributed by atoms with Crippen LogP contribution in [-0.2, 0) is 13.0 Å². The molecule has 1 N–H and O–H groups in total. The van der Waals surface area contributed by atoms with Gasteiger partial charge in [0.1, 0.15) is 5.75 Å². The van der Waals surface area contributed by atoms with Gasteiger partial charge in [-0.3, -0.25) is 19.7 Å². The molecule has 8 heteroatoms. The molecule has 2 unspecified atom stereocenters. The minimum absolute atomic E-state index is 0.154. The molecular formula is C21H23N5O2S. The van der Waals surface area contributed by atoms with Crippen molar-refractivity contribution in [3.05, 3.63) is 58.4 Å². The molecule has 0 saturated carbocycles. The number of rotatable bonds is 5. The van der Waals surface area contributed by atoms with Crippen LogP contribution in [0.15, 0.2) is 36.7 Å². The van der Waals surface area contributed by atoms with Crippen LogP contribution in [-0.4, -0.2) is 45.8 Å². The lowest BCUT2D eigenvalue weighted by molar-refractivity contribution is 0.102. The van der Waals surface area contributed by atoms with Gasteiger partial charge in [0.05, 0.1) is 19.3 Å². The quantitative estimate of drug-likeness (QED) is 0.700. The molecule has 0 aliphatic carbocycles. The Morgan fingerprint density at radius 2 is 2.28 bits per heavy atom. The topological polar surface area (TPSA) is 72.3 Å². The van der Waals surface area contributed by atoms with Crippen molar-refractivity contribution in [1.82, 2.24) is 19.7 Å². The number of ether oxygens (including phenoxy) is 1. The molecule has 1 aromatic carbocycles. The van der Waals surface area contributed by atoms with Crippen molar-refractivity contribution in [2.45, 2.75) is 37.9 Å². The van der Waals surface area contributed by atoms with Crippen LogP contribution >= 0.6 is 11.3 Å². The molecule has 2 aliphatic rings. The van der Waals surface area contributed by atoms with Gasteiger partial charge in [0.2, 0.25) is 0 Å². The van der Waals surface area contributed by atoms with Gasteiger partial charge in [0.25, 0.3) is 5.91 Å². The van der Waals surface area contributed by atoms with Crippen LogP contribution in [0.1, 0.15) is 45.4 Å². The molecule has 150 valence electrons. The molecule has 2 atom stereocenters. The van der Waals surface area contributed by atoms with E-state index < -0.39 is 0 Å². The Labute approximate surface area is 173 Å². The molecule has 3 aromatic rings. The molecule has 7 nitrogen and oxygen atoms in total. The summed E-state index contributed by atoms with van der Waals surface area (Å²) in [5, 5.41) is 7.92. The Hall–Kier alpha value is -2.71. The molecule has 5 rings (SSSR count). The number of fused-ring (bicyclic) bond motifs is 4. The van der Waals surface area contributed by atoms with E-state index in [2.05, 4.69) is 22.4 Å². The van der Waals surface area contributed by atoms with Crippen molar-refractivity contribution >= 4 is 22.4 Å². The molecule has 1 fully saturated rings. The lowest BCUT2D eigenvalue weighted by Gasteiger charge is -2.29. The van der Waals surface area contributed by atoms with E-state index in [1.165, 1.54) is 17.7 Å². The fourth-order valence-corrected chi connectivity index (χ4v) is 5.58. The molecule has 1 saturated heterocycles. The summed E-state index contributed by atoms with van der Waals surface area (Å²) < 4.78 is 7.26. The third kappa shape index (κ3) is 3.32. The second-order valence-corrected chi connectivity index (χ2v) is 8.66. The minimum Gasteiger partial charge on any atom is -0.496 e. The lowest BCUT2D eigenvalue weighted by atomic mass is 10.1. The highest BCUT2D eigenvalue weighted by atomic mass is 32.1. The first-order valence-electron chi connectivity index (χ1n) is 9.79. The summed E-state index contributed by atoms with van der Waals surface area (Å²) in [6.45, 7) is 0.540. The fourth-order valence-electron chi connectivity index (χ4n) is 4.40. The van der Waals surface area contributed by atoms with Crippen LogP contribution in [0.5, 0.6) is 5.75 Å². The molecule has 4 heterocycles. The van der Waals surface area contributed by atoms with E-state index in [0.29, 0.717) is 29.3 Å². The largest absolute Gasteiger partial charge is 0.496 e. The number of methoxy groups -OCH3 is 1. The summed E-state index contributed by atoms with van der Waals surface area (Å²) in [5.74, 6) is 0.583. The van der Waals surface area contributed by atoms with Gasteiger partial charge in [-0.25, -0.2) is 4.98 Å². The van der Waals surface area contributed by atoms with Gasteiger partial charge in [-0.05, 0) is 44.2 Å². The number of thiazole rings is 1. The number of hydrogen-bond donors (Lipinski definition) is 1. The zero-order valence-corrected chi connectivity index (χ0v) is 17.3. The molecule has 2 aliphatic heterocycles. The number of hydrogen-bond acceptors (Lipinski definition) is 6. The van der Waals surface area contributed by atoms with Crippen LogP contribution in [0, 0.1) is 0 Å². The Morgan fingerprint density at radius 3 is 3.07 bits per heavy atom. The van der Waals surface area contributed by atoms with Gasteiger partial charge in [0, 0.05) is 46.9 Å². The highest BCUT2D eigenvalue weighted by molar-refractivity contribution is 7.16. The summed E-state index contributed by atoms with van der Waals surface area (Å²) in [7, 11) is 3.83. The summed E-state index contributed by atoms with van der Waals surface area (Å²) in [6.07, 6.45) is 7.01. The molecule has 1 amide bonds. The summed E-state index contributed by atoms with van der Waals surface area (Å²) in [4.78, 5) is 21.4. The normalized spacial score (nSPS) is 20.5. The Bertz CT molecular complexity index is 1050. The molecular weight excluding hydrogens is 386 g/mol. The second-order valence-electron chi connectivity index (χ2n) is 7.63. The molecule has 0 radical (unpaired) electrons. The van der Waals surface area contributed by atoms with E-state index in [-0.39, 0.29) is 5.91 Å². The first-order chi connectivity index (χ1) is 14.1. The van der Waals surface area contributed by atoms with Crippen LogP contribution in [0.4, 0.5) is 5.13 Å². The first kappa shape index (κ1) is 18.3. The maximum absolute atomic E-state index is 12.9. The highest BCUT2D eigenvalue weighted by Crippen LogP contribution is 2.45. The van der Waals surface area contributed by atoms with Gasteiger partial charge in [-0.2, -0.15) is 5.10 Å². The summed E-state index contributed by atoms with van der Waals surface area (Å²) >= 11 is 1.61.